The summed E-state index contributed by atoms with van der Waals surface area (Å²) in [4.78, 5) is 13.5. The van der Waals surface area contributed by atoms with Crippen molar-refractivity contribution < 1.29 is 4.79 Å². The Labute approximate surface area is 96.6 Å². The van der Waals surface area contributed by atoms with Gasteiger partial charge in [-0.05, 0) is 24.5 Å². The number of hydrogen-bond acceptors (Lipinski definition) is 2. The fourth-order valence-electron chi connectivity index (χ4n) is 2.02. The van der Waals surface area contributed by atoms with Gasteiger partial charge in [-0.2, -0.15) is 0 Å². The molecule has 1 heterocycles. The minimum atomic E-state index is 0.222. The van der Waals surface area contributed by atoms with Crippen LogP contribution in [0.5, 0.6) is 0 Å². The van der Waals surface area contributed by atoms with Crippen molar-refractivity contribution in [3.63, 3.8) is 0 Å². The van der Waals surface area contributed by atoms with E-state index in [0.717, 1.165) is 31.6 Å². The molecule has 0 N–H and O–H groups in total. The molecule has 0 unspecified atom stereocenters. The van der Waals surface area contributed by atoms with E-state index < -0.39 is 0 Å². The molecule has 2 heteroatoms. The zero-order valence-corrected chi connectivity index (χ0v) is 9.65. The molecule has 1 aromatic carbocycles. The maximum Gasteiger partial charge on any atom is 0.155 e. The van der Waals surface area contributed by atoms with Gasteiger partial charge in [-0.15, -0.1) is 0 Å². The summed E-state index contributed by atoms with van der Waals surface area (Å²) in [6.45, 7) is 4.51. The van der Waals surface area contributed by atoms with Crippen molar-refractivity contribution in [2.24, 2.45) is 0 Å². The lowest BCUT2D eigenvalue weighted by atomic mass is 10.0. The Hall–Kier alpha value is -1.41. The van der Waals surface area contributed by atoms with Crippen molar-refractivity contribution in [3.05, 3.63) is 47.5 Å². The van der Waals surface area contributed by atoms with Crippen LogP contribution in [0.1, 0.15) is 18.9 Å². The molecule has 0 aliphatic carbocycles. The van der Waals surface area contributed by atoms with Gasteiger partial charge in [-0.25, -0.2) is 0 Å². The fourth-order valence-corrected chi connectivity index (χ4v) is 2.02. The average molecular weight is 215 g/mol. The lowest BCUT2D eigenvalue weighted by Crippen LogP contribution is -2.29. The second kappa shape index (κ2) is 5.08. The maximum atomic E-state index is 11.2. The Morgan fingerprint density at radius 3 is 2.62 bits per heavy atom. The third-order valence-corrected chi connectivity index (χ3v) is 2.99. The van der Waals surface area contributed by atoms with Crippen molar-refractivity contribution in [3.8, 4) is 0 Å². The van der Waals surface area contributed by atoms with Crippen molar-refractivity contribution in [2.45, 2.75) is 19.9 Å². The topological polar surface area (TPSA) is 20.3 Å². The van der Waals surface area contributed by atoms with Gasteiger partial charge in [0.05, 0.1) is 0 Å². The lowest BCUT2D eigenvalue weighted by molar-refractivity contribution is -0.113. The van der Waals surface area contributed by atoms with Gasteiger partial charge in [0.25, 0.3) is 0 Å². The van der Waals surface area contributed by atoms with Crippen LogP contribution in [0.25, 0.3) is 0 Å². The number of nitrogens with zero attached hydrogens (tertiary/aromatic N) is 1. The molecule has 2 nitrogen and oxygen atoms in total. The monoisotopic (exact) mass is 215 g/mol. The van der Waals surface area contributed by atoms with Crippen molar-refractivity contribution in [1.82, 2.24) is 4.90 Å². The summed E-state index contributed by atoms with van der Waals surface area (Å²) in [5, 5.41) is 0. The van der Waals surface area contributed by atoms with Gasteiger partial charge >= 0.3 is 0 Å². The molecule has 0 spiro atoms. The molecule has 1 aliphatic heterocycles. The minimum Gasteiger partial charge on any atom is -0.295 e. The molecule has 0 aromatic heterocycles. The Bertz CT molecular complexity index is 394. The average Bonchev–Trinajstić information content (AvgIpc) is 2.31. The van der Waals surface area contributed by atoms with Crippen molar-refractivity contribution in [1.29, 1.82) is 0 Å². The molecule has 16 heavy (non-hydrogen) atoms. The van der Waals surface area contributed by atoms with Crippen LogP contribution in [0.4, 0.5) is 0 Å². The number of rotatable bonds is 3. The number of Topliss-reactive ketones (excluding diaryl/α,β-unsaturated/α-hetero) is 1. The first-order valence-corrected chi connectivity index (χ1v) is 5.72. The quantitative estimate of drug-likeness (QED) is 0.771. The summed E-state index contributed by atoms with van der Waals surface area (Å²) in [6, 6.07) is 10.5. The SMILES string of the molecule is CC(=O)C1=CCN(Cc2ccccc2)CC1. The molecule has 1 aromatic rings. The highest BCUT2D eigenvalue weighted by Crippen LogP contribution is 2.14. The van der Waals surface area contributed by atoms with Gasteiger partial charge in [0.15, 0.2) is 5.78 Å². The van der Waals surface area contributed by atoms with Crippen molar-refractivity contribution in [2.75, 3.05) is 13.1 Å². The first-order valence-electron chi connectivity index (χ1n) is 5.72. The van der Waals surface area contributed by atoms with E-state index in [9.17, 15) is 4.79 Å². The molecule has 84 valence electrons. The van der Waals surface area contributed by atoms with Gasteiger partial charge in [0, 0.05) is 19.6 Å². The minimum absolute atomic E-state index is 0.222. The zero-order valence-electron chi connectivity index (χ0n) is 9.65. The molecule has 0 saturated heterocycles. The number of benzene rings is 1. The normalized spacial score (nSPS) is 16.9. The van der Waals surface area contributed by atoms with E-state index in [0.29, 0.717) is 0 Å². The standard InChI is InChI=1S/C14H17NO/c1-12(16)14-7-9-15(10-8-14)11-13-5-3-2-4-6-13/h2-7H,8-11H2,1H3. The third kappa shape index (κ3) is 2.80. The molecule has 0 bridgehead atoms. The van der Waals surface area contributed by atoms with Gasteiger partial charge in [0.2, 0.25) is 0 Å². The van der Waals surface area contributed by atoms with Crippen LogP contribution in [-0.2, 0) is 11.3 Å². The molecule has 0 radical (unpaired) electrons. The van der Waals surface area contributed by atoms with Gasteiger partial charge in [0.1, 0.15) is 0 Å². The van der Waals surface area contributed by atoms with Crippen LogP contribution in [-0.4, -0.2) is 23.8 Å². The smallest absolute Gasteiger partial charge is 0.155 e. The van der Waals surface area contributed by atoms with E-state index >= 15 is 0 Å². The zero-order chi connectivity index (χ0) is 11.4. The number of carbonyl (C=O) groups excluding carboxylic acids is 1. The maximum absolute atomic E-state index is 11.2. The molecular formula is C14H17NO. The summed E-state index contributed by atoms with van der Waals surface area (Å²) in [5.41, 5.74) is 2.33. The summed E-state index contributed by atoms with van der Waals surface area (Å²) in [7, 11) is 0. The number of ketones is 1. The van der Waals surface area contributed by atoms with Crippen LogP contribution < -0.4 is 0 Å². The number of carbonyl (C=O) groups is 1. The first kappa shape index (κ1) is 11.1. The van der Waals surface area contributed by atoms with E-state index in [-0.39, 0.29) is 5.78 Å². The first-order chi connectivity index (χ1) is 7.75. The van der Waals surface area contributed by atoms with Crippen LogP contribution in [0, 0.1) is 0 Å². The Morgan fingerprint density at radius 1 is 1.31 bits per heavy atom. The van der Waals surface area contributed by atoms with Gasteiger partial charge in [-0.1, -0.05) is 36.4 Å². The molecule has 2 rings (SSSR count). The fraction of sp³-hybridized carbons (Fsp3) is 0.357. The van der Waals surface area contributed by atoms with Crippen molar-refractivity contribution >= 4 is 5.78 Å². The van der Waals surface area contributed by atoms with Gasteiger partial charge < -0.3 is 0 Å². The Balaban J connectivity index is 1.93. The van der Waals surface area contributed by atoms with Gasteiger partial charge in [-0.3, -0.25) is 9.69 Å². The van der Waals surface area contributed by atoms with Crippen LogP contribution >= 0.6 is 0 Å². The predicted molar refractivity (Wildman–Crippen MR) is 65.1 cm³/mol. The predicted octanol–water partition coefficient (Wildman–Crippen LogP) is 2.41. The summed E-state index contributed by atoms with van der Waals surface area (Å²) < 4.78 is 0. The van der Waals surface area contributed by atoms with E-state index in [2.05, 4.69) is 35.2 Å². The molecule has 0 saturated carbocycles. The summed E-state index contributed by atoms with van der Waals surface area (Å²) >= 11 is 0. The molecule has 0 amide bonds. The highest BCUT2D eigenvalue weighted by atomic mass is 16.1. The van der Waals surface area contributed by atoms with Crippen LogP contribution in [0.15, 0.2) is 42.0 Å². The van der Waals surface area contributed by atoms with E-state index in [1.165, 1.54) is 5.56 Å². The highest BCUT2D eigenvalue weighted by molar-refractivity contribution is 5.93. The summed E-state index contributed by atoms with van der Waals surface area (Å²) in [5.74, 6) is 0.222. The van der Waals surface area contributed by atoms with Crippen LogP contribution in [0.2, 0.25) is 0 Å². The van der Waals surface area contributed by atoms with E-state index in [1.54, 1.807) is 6.92 Å². The molecule has 1 aliphatic rings. The largest absolute Gasteiger partial charge is 0.295 e. The Kier molecular flexibility index (Phi) is 3.52. The van der Waals surface area contributed by atoms with E-state index in [4.69, 9.17) is 0 Å². The molecule has 0 fully saturated rings. The highest BCUT2D eigenvalue weighted by Gasteiger charge is 2.13. The second-order valence-electron chi connectivity index (χ2n) is 4.26. The van der Waals surface area contributed by atoms with Crippen LogP contribution in [0.3, 0.4) is 0 Å². The third-order valence-electron chi connectivity index (χ3n) is 2.99. The molecule has 0 atom stereocenters. The molecular weight excluding hydrogens is 198 g/mol. The Morgan fingerprint density at radius 2 is 2.06 bits per heavy atom. The van der Waals surface area contributed by atoms with E-state index in [1.807, 2.05) is 6.07 Å². The summed E-state index contributed by atoms with van der Waals surface area (Å²) in [6.07, 6.45) is 2.96. The number of hydrogen-bond donors (Lipinski definition) is 0. The lowest BCUT2D eigenvalue weighted by Gasteiger charge is -2.25. The second-order valence-corrected chi connectivity index (χ2v) is 4.26.